The molecule has 3 aliphatic rings. The largest absolute Gasteiger partial charge is 0.504 e. The number of hydrogen-bond donors (Lipinski definition) is 1. The first-order valence-electron chi connectivity index (χ1n) is 13.9. The molecule has 9 heteroatoms. The molecular formula is C30H36IN5O3. The van der Waals surface area contributed by atoms with Gasteiger partial charge in [-0.1, -0.05) is 25.0 Å². The molecule has 206 valence electrons. The molecule has 1 N–H and O–H groups in total. The van der Waals surface area contributed by atoms with E-state index in [1.54, 1.807) is 0 Å². The lowest BCUT2D eigenvalue weighted by molar-refractivity contribution is 0.112. The third-order valence-electron chi connectivity index (χ3n) is 8.35. The number of phenols is 1. The molecule has 0 unspecified atom stereocenters. The average Bonchev–Trinajstić information content (AvgIpc) is 3.62. The van der Waals surface area contributed by atoms with Crippen molar-refractivity contribution in [3.63, 3.8) is 0 Å². The first-order valence-corrected chi connectivity index (χ1v) is 15.0. The number of aromatic hydroxyl groups is 1. The Kier molecular flexibility index (Phi) is 7.30. The molecule has 2 aliphatic heterocycles. The summed E-state index contributed by atoms with van der Waals surface area (Å²) < 4.78 is 7.08. The first-order chi connectivity index (χ1) is 18.9. The predicted octanol–water partition coefficient (Wildman–Crippen LogP) is 5.37. The molecular weight excluding hydrogens is 605 g/mol. The minimum Gasteiger partial charge on any atom is -0.504 e. The van der Waals surface area contributed by atoms with E-state index >= 15 is 0 Å². The molecule has 2 aromatic carbocycles. The van der Waals surface area contributed by atoms with Crippen LogP contribution in [0.1, 0.15) is 60.1 Å². The molecule has 0 amide bonds. The highest BCUT2D eigenvalue weighted by Crippen LogP contribution is 2.49. The Morgan fingerprint density at radius 3 is 2.56 bits per heavy atom. The number of nitrogens with zero attached hydrogens (tertiary/aromatic N) is 5. The Hall–Kier alpha value is -2.66. The van der Waals surface area contributed by atoms with E-state index in [2.05, 4.69) is 56.4 Å². The van der Waals surface area contributed by atoms with Gasteiger partial charge in [0.05, 0.1) is 35.8 Å². The highest BCUT2D eigenvalue weighted by molar-refractivity contribution is 14.1. The van der Waals surface area contributed by atoms with Crippen molar-refractivity contribution in [2.75, 3.05) is 50.1 Å². The number of aldehydes is 1. The number of benzene rings is 2. The molecule has 39 heavy (non-hydrogen) atoms. The number of aromatic nitrogens is 2. The summed E-state index contributed by atoms with van der Waals surface area (Å²) in [6.07, 6.45) is 9.66. The van der Waals surface area contributed by atoms with Crippen molar-refractivity contribution in [2.24, 2.45) is 5.41 Å². The Balaban J connectivity index is 1.34. The van der Waals surface area contributed by atoms with Crippen LogP contribution in [0, 0.1) is 8.99 Å². The van der Waals surface area contributed by atoms with Gasteiger partial charge in [-0.15, -0.1) is 0 Å². The molecule has 1 saturated carbocycles. The van der Waals surface area contributed by atoms with E-state index in [1.165, 1.54) is 12.8 Å². The van der Waals surface area contributed by atoms with Gasteiger partial charge >= 0.3 is 6.01 Å². The van der Waals surface area contributed by atoms with Crippen LogP contribution in [0.5, 0.6) is 11.8 Å². The number of carbonyl (C=O) groups excluding carboxylic acids is 1. The van der Waals surface area contributed by atoms with Crippen LogP contribution in [0.15, 0.2) is 24.4 Å². The smallest absolute Gasteiger partial charge is 0.316 e. The molecule has 0 atom stereocenters. The van der Waals surface area contributed by atoms with E-state index in [0.717, 1.165) is 82.9 Å². The fraction of sp³-hybridized carbons (Fsp3) is 0.500. The van der Waals surface area contributed by atoms with E-state index < -0.39 is 0 Å². The van der Waals surface area contributed by atoms with Crippen LogP contribution in [0.4, 0.5) is 11.4 Å². The van der Waals surface area contributed by atoms with Gasteiger partial charge in [0.2, 0.25) is 0 Å². The van der Waals surface area contributed by atoms with Gasteiger partial charge in [0.15, 0.2) is 12.0 Å². The number of ether oxygens (including phenoxy) is 1. The molecule has 1 saturated heterocycles. The molecule has 1 aromatic heterocycles. The van der Waals surface area contributed by atoms with Gasteiger partial charge in [-0.2, -0.15) is 4.98 Å². The van der Waals surface area contributed by atoms with Crippen LogP contribution in [-0.4, -0.2) is 66.6 Å². The fourth-order valence-electron chi connectivity index (χ4n) is 6.31. The summed E-state index contributed by atoms with van der Waals surface area (Å²) in [7, 11) is 4.19. The standard InChI is InChI=1S/C30H36IN5O3/c1-34(2)18-30(10-11-30)19-39-29-32-14-20-15-36(16-24(20)33-29)27-22(17-37)25-21(8-7-9-23(25)31)26(28(27)38)35-12-5-3-4-6-13-35/h7-9,14,17,38H,3-6,10-13,15-16,18-19H2,1-2H3. The third-order valence-corrected chi connectivity index (χ3v) is 9.25. The van der Waals surface area contributed by atoms with Crippen LogP contribution in [0.3, 0.4) is 0 Å². The van der Waals surface area contributed by atoms with Gasteiger partial charge in [-0.25, -0.2) is 4.98 Å². The molecule has 2 fully saturated rings. The number of carbonyl (C=O) groups is 1. The summed E-state index contributed by atoms with van der Waals surface area (Å²) in [6.45, 7) is 4.43. The van der Waals surface area contributed by atoms with Gasteiger partial charge in [-0.3, -0.25) is 4.79 Å². The van der Waals surface area contributed by atoms with Crippen molar-refractivity contribution in [3.8, 4) is 11.8 Å². The molecule has 3 heterocycles. The number of halogens is 1. The second-order valence-electron chi connectivity index (χ2n) is 11.6. The monoisotopic (exact) mass is 641 g/mol. The van der Waals surface area contributed by atoms with Crippen molar-refractivity contribution in [2.45, 2.75) is 51.6 Å². The first kappa shape index (κ1) is 26.6. The second-order valence-corrected chi connectivity index (χ2v) is 12.8. The Morgan fingerprint density at radius 2 is 1.87 bits per heavy atom. The van der Waals surface area contributed by atoms with Crippen molar-refractivity contribution in [1.82, 2.24) is 14.9 Å². The second kappa shape index (κ2) is 10.7. The van der Waals surface area contributed by atoms with Crippen LogP contribution < -0.4 is 14.5 Å². The zero-order valence-electron chi connectivity index (χ0n) is 22.7. The highest BCUT2D eigenvalue weighted by Gasteiger charge is 2.44. The quantitative estimate of drug-likeness (QED) is 0.260. The van der Waals surface area contributed by atoms with E-state index in [1.807, 2.05) is 24.4 Å². The van der Waals surface area contributed by atoms with Crippen molar-refractivity contribution in [3.05, 3.63) is 44.8 Å². The number of hydrogen-bond acceptors (Lipinski definition) is 8. The molecule has 1 aliphatic carbocycles. The van der Waals surface area contributed by atoms with Crippen LogP contribution in [0.2, 0.25) is 0 Å². The lowest BCUT2D eigenvalue weighted by Crippen LogP contribution is -2.28. The van der Waals surface area contributed by atoms with E-state index in [0.29, 0.717) is 37.0 Å². The van der Waals surface area contributed by atoms with Crippen LogP contribution >= 0.6 is 22.6 Å². The number of fused-ring (bicyclic) bond motifs is 2. The van der Waals surface area contributed by atoms with Crippen LogP contribution in [0.25, 0.3) is 10.8 Å². The summed E-state index contributed by atoms with van der Waals surface area (Å²) in [5, 5.41) is 13.7. The van der Waals surface area contributed by atoms with Gasteiger partial charge in [0, 0.05) is 57.7 Å². The molecule has 0 radical (unpaired) electrons. The maximum atomic E-state index is 12.6. The normalized spacial score (nSPS) is 18.4. The lowest BCUT2D eigenvalue weighted by atomic mass is 9.98. The fourth-order valence-corrected chi connectivity index (χ4v) is 7.09. The summed E-state index contributed by atoms with van der Waals surface area (Å²) in [5.74, 6) is 0.185. The summed E-state index contributed by atoms with van der Waals surface area (Å²) in [5.41, 5.74) is 4.04. The summed E-state index contributed by atoms with van der Waals surface area (Å²) >= 11 is 2.31. The van der Waals surface area contributed by atoms with E-state index in [4.69, 9.17) is 9.72 Å². The predicted molar refractivity (Wildman–Crippen MR) is 162 cm³/mol. The van der Waals surface area contributed by atoms with E-state index in [9.17, 15) is 9.90 Å². The molecule has 0 spiro atoms. The summed E-state index contributed by atoms with van der Waals surface area (Å²) in [4.78, 5) is 28.5. The number of anilines is 2. The summed E-state index contributed by atoms with van der Waals surface area (Å²) in [6, 6.07) is 6.47. The molecule has 8 nitrogen and oxygen atoms in total. The maximum absolute atomic E-state index is 12.6. The highest BCUT2D eigenvalue weighted by atomic mass is 127. The van der Waals surface area contributed by atoms with Crippen molar-refractivity contribution in [1.29, 1.82) is 0 Å². The Bertz CT molecular complexity index is 1400. The van der Waals surface area contributed by atoms with Crippen LogP contribution in [-0.2, 0) is 13.1 Å². The maximum Gasteiger partial charge on any atom is 0.316 e. The SMILES string of the molecule is CN(C)CC1(COc2ncc3c(n2)CN(c2c(O)c(N4CCCCCC4)c4cccc(I)c4c2C=O)C3)CC1. The van der Waals surface area contributed by atoms with Gasteiger partial charge in [-0.05, 0) is 68.4 Å². The van der Waals surface area contributed by atoms with Crippen molar-refractivity contribution >= 4 is 51.0 Å². The van der Waals surface area contributed by atoms with E-state index in [-0.39, 0.29) is 11.2 Å². The number of phenolic OH excluding ortho intramolecular Hbond substituents is 1. The van der Waals surface area contributed by atoms with Gasteiger partial charge in [0.25, 0.3) is 0 Å². The van der Waals surface area contributed by atoms with Gasteiger partial charge < -0.3 is 24.5 Å². The molecule has 3 aromatic rings. The topological polar surface area (TPSA) is 82.0 Å². The minimum atomic E-state index is 0.185. The third kappa shape index (κ3) is 5.15. The Morgan fingerprint density at radius 1 is 1.10 bits per heavy atom. The lowest BCUT2D eigenvalue weighted by Gasteiger charge is -2.30. The zero-order valence-corrected chi connectivity index (χ0v) is 24.9. The van der Waals surface area contributed by atoms with Gasteiger partial charge in [0.1, 0.15) is 0 Å². The molecule has 0 bridgehead atoms. The number of rotatable bonds is 8. The minimum absolute atomic E-state index is 0.185. The van der Waals surface area contributed by atoms with Crippen molar-refractivity contribution < 1.29 is 14.6 Å². The average molecular weight is 642 g/mol. The zero-order chi connectivity index (χ0) is 27.1. The molecule has 6 rings (SSSR count). The Labute approximate surface area is 243 Å².